The number of nitrogens with zero attached hydrogens (tertiary/aromatic N) is 1. The highest BCUT2D eigenvalue weighted by Gasteiger charge is 2.26. The molecule has 0 aromatic carbocycles. The fraction of sp³-hybridized carbons (Fsp3) is 1.00. The van der Waals surface area contributed by atoms with Crippen molar-refractivity contribution in [3.63, 3.8) is 0 Å². The molecule has 0 aliphatic rings. The third-order valence-electron chi connectivity index (χ3n) is 2.24. The van der Waals surface area contributed by atoms with Crippen LogP contribution in [-0.2, 0) is 0 Å². The number of hydrogen-bond acceptors (Lipinski definition) is 2. The Hall–Kier alpha value is -0.290. The lowest BCUT2D eigenvalue weighted by atomic mass is 10.2. The summed E-state index contributed by atoms with van der Waals surface area (Å²) in [5.41, 5.74) is 5.40. The predicted octanol–water partition coefficient (Wildman–Crippen LogP) is 2.64. The van der Waals surface area contributed by atoms with Crippen molar-refractivity contribution in [2.24, 2.45) is 11.7 Å². The lowest BCUT2D eigenvalue weighted by Crippen LogP contribution is -2.31. The summed E-state index contributed by atoms with van der Waals surface area (Å²) in [6.07, 6.45) is -3.69. The van der Waals surface area contributed by atoms with Gasteiger partial charge in [-0.2, -0.15) is 13.2 Å². The molecule has 0 unspecified atom stereocenters. The molecule has 0 amide bonds. The first-order valence-electron chi connectivity index (χ1n) is 5.84. The highest BCUT2D eigenvalue weighted by molar-refractivity contribution is 4.62. The van der Waals surface area contributed by atoms with E-state index < -0.39 is 12.6 Å². The largest absolute Gasteiger partial charge is 0.389 e. The molecule has 0 aliphatic carbocycles. The Balaban J connectivity index is 3.82. The molecular formula is C11H23F3N2. The second-order valence-electron chi connectivity index (χ2n) is 4.56. The number of alkyl halides is 3. The molecule has 2 nitrogen and oxygen atoms in total. The first-order valence-corrected chi connectivity index (χ1v) is 5.84. The van der Waals surface area contributed by atoms with Gasteiger partial charge >= 0.3 is 6.18 Å². The van der Waals surface area contributed by atoms with Crippen LogP contribution in [0.15, 0.2) is 0 Å². The summed E-state index contributed by atoms with van der Waals surface area (Å²) in [5, 5.41) is 0. The summed E-state index contributed by atoms with van der Waals surface area (Å²) in [4.78, 5) is 2.07. The van der Waals surface area contributed by atoms with Crippen LogP contribution in [0.3, 0.4) is 0 Å². The zero-order valence-corrected chi connectivity index (χ0v) is 10.2. The van der Waals surface area contributed by atoms with Gasteiger partial charge in [0.1, 0.15) is 0 Å². The van der Waals surface area contributed by atoms with E-state index in [9.17, 15) is 13.2 Å². The second kappa shape index (κ2) is 7.90. The minimum absolute atomic E-state index is 0.181. The molecule has 0 atom stereocenters. The van der Waals surface area contributed by atoms with Crippen LogP contribution >= 0.6 is 0 Å². The molecule has 0 saturated carbocycles. The van der Waals surface area contributed by atoms with Gasteiger partial charge in [-0.15, -0.1) is 0 Å². The van der Waals surface area contributed by atoms with Gasteiger partial charge in [0.15, 0.2) is 0 Å². The first-order chi connectivity index (χ1) is 7.35. The summed E-state index contributed by atoms with van der Waals surface area (Å²) in [6, 6.07) is 0. The molecule has 0 aliphatic heterocycles. The zero-order valence-electron chi connectivity index (χ0n) is 10.2. The highest BCUT2D eigenvalue weighted by Crippen LogP contribution is 2.21. The van der Waals surface area contributed by atoms with Crippen molar-refractivity contribution in [3.8, 4) is 0 Å². The summed E-state index contributed by atoms with van der Waals surface area (Å²) in [5.74, 6) is 0.476. The van der Waals surface area contributed by atoms with E-state index in [-0.39, 0.29) is 6.42 Å². The molecule has 0 rings (SSSR count). The van der Waals surface area contributed by atoms with E-state index >= 15 is 0 Å². The Morgan fingerprint density at radius 2 is 1.69 bits per heavy atom. The monoisotopic (exact) mass is 240 g/mol. The van der Waals surface area contributed by atoms with Gasteiger partial charge in [-0.1, -0.05) is 13.8 Å². The Kier molecular flexibility index (Phi) is 7.76. The average Bonchev–Trinajstić information content (AvgIpc) is 2.11. The van der Waals surface area contributed by atoms with Crippen LogP contribution < -0.4 is 5.73 Å². The van der Waals surface area contributed by atoms with E-state index in [1.165, 1.54) is 0 Å². The molecule has 5 heteroatoms. The van der Waals surface area contributed by atoms with Gasteiger partial charge in [-0.25, -0.2) is 0 Å². The van der Waals surface area contributed by atoms with Crippen LogP contribution in [-0.4, -0.2) is 37.3 Å². The third kappa shape index (κ3) is 10.2. The van der Waals surface area contributed by atoms with Gasteiger partial charge in [-0.05, 0) is 38.4 Å². The van der Waals surface area contributed by atoms with Crippen molar-refractivity contribution in [2.45, 2.75) is 39.3 Å². The molecule has 98 valence electrons. The van der Waals surface area contributed by atoms with Gasteiger partial charge in [-0.3, -0.25) is 0 Å². The van der Waals surface area contributed by atoms with E-state index in [1.54, 1.807) is 0 Å². The zero-order chi connectivity index (χ0) is 12.6. The molecular weight excluding hydrogens is 217 g/mol. The molecule has 0 spiro atoms. The van der Waals surface area contributed by atoms with Crippen molar-refractivity contribution in [1.82, 2.24) is 4.90 Å². The van der Waals surface area contributed by atoms with Crippen LogP contribution in [0.4, 0.5) is 13.2 Å². The maximum Gasteiger partial charge on any atom is 0.389 e. The number of nitrogens with two attached hydrogens (primary N) is 1. The quantitative estimate of drug-likeness (QED) is 0.706. The van der Waals surface area contributed by atoms with E-state index in [2.05, 4.69) is 18.7 Å². The number of rotatable bonds is 8. The van der Waals surface area contributed by atoms with Crippen LogP contribution in [0.1, 0.15) is 33.1 Å². The van der Waals surface area contributed by atoms with E-state index in [1.807, 2.05) is 0 Å². The summed E-state index contributed by atoms with van der Waals surface area (Å²) < 4.78 is 35.9. The van der Waals surface area contributed by atoms with Crippen molar-refractivity contribution >= 4 is 0 Å². The summed E-state index contributed by atoms with van der Waals surface area (Å²) in [7, 11) is 0. The highest BCUT2D eigenvalue weighted by atomic mass is 19.4. The maximum atomic E-state index is 12.0. The van der Waals surface area contributed by atoms with Crippen LogP contribution in [0.2, 0.25) is 0 Å². The second-order valence-corrected chi connectivity index (χ2v) is 4.56. The van der Waals surface area contributed by atoms with Crippen molar-refractivity contribution in [3.05, 3.63) is 0 Å². The molecule has 0 aromatic heterocycles. The summed E-state index contributed by atoms with van der Waals surface area (Å²) in [6.45, 7) is 6.88. The Bertz CT molecular complexity index is 169. The fourth-order valence-electron chi connectivity index (χ4n) is 1.63. The Labute approximate surface area is 96.0 Å². The first kappa shape index (κ1) is 15.7. The molecule has 16 heavy (non-hydrogen) atoms. The molecule has 0 fully saturated rings. The van der Waals surface area contributed by atoms with Gasteiger partial charge in [0, 0.05) is 13.0 Å². The molecule has 0 bridgehead atoms. The molecule has 2 N–H and O–H groups in total. The standard InChI is InChI=1S/C11H23F3N2/c1-10(2)9-16(8-4-6-15)7-3-5-11(12,13)14/h10H,3-9,15H2,1-2H3. The van der Waals surface area contributed by atoms with Gasteiger partial charge in [0.05, 0.1) is 0 Å². The normalized spacial score (nSPS) is 12.8. The maximum absolute atomic E-state index is 12.0. The SMILES string of the molecule is CC(C)CN(CCCN)CCCC(F)(F)F. The smallest absolute Gasteiger partial charge is 0.330 e. The lowest BCUT2D eigenvalue weighted by molar-refractivity contribution is -0.136. The van der Waals surface area contributed by atoms with Crippen molar-refractivity contribution in [2.75, 3.05) is 26.2 Å². The summed E-state index contributed by atoms with van der Waals surface area (Å²) >= 11 is 0. The predicted molar refractivity (Wildman–Crippen MR) is 60.2 cm³/mol. The third-order valence-corrected chi connectivity index (χ3v) is 2.24. The van der Waals surface area contributed by atoms with Crippen molar-refractivity contribution < 1.29 is 13.2 Å². The number of halogens is 3. The fourth-order valence-corrected chi connectivity index (χ4v) is 1.63. The lowest BCUT2D eigenvalue weighted by Gasteiger charge is -2.24. The van der Waals surface area contributed by atoms with E-state index in [4.69, 9.17) is 5.73 Å². The van der Waals surface area contributed by atoms with E-state index in [0.717, 1.165) is 19.5 Å². The van der Waals surface area contributed by atoms with Gasteiger partial charge in [0.2, 0.25) is 0 Å². The minimum atomic E-state index is -4.03. The van der Waals surface area contributed by atoms with E-state index in [0.29, 0.717) is 19.0 Å². The van der Waals surface area contributed by atoms with Gasteiger partial charge in [0.25, 0.3) is 0 Å². The molecule has 0 heterocycles. The number of hydrogen-bond donors (Lipinski definition) is 1. The van der Waals surface area contributed by atoms with Crippen molar-refractivity contribution in [1.29, 1.82) is 0 Å². The van der Waals surface area contributed by atoms with Crippen LogP contribution in [0.5, 0.6) is 0 Å². The Morgan fingerprint density at radius 1 is 1.12 bits per heavy atom. The van der Waals surface area contributed by atoms with Crippen LogP contribution in [0.25, 0.3) is 0 Å². The topological polar surface area (TPSA) is 29.3 Å². The average molecular weight is 240 g/mol. The molecule has 0 aromatic rings. The van der Waals surface area contributed by atoms with Gasteiger partial charge < -0.3 is 10.6 Å². The molecule has 0 radical (unpaired) electrons. The minimum Gasteiger partial charge on any atom is -0.330 e. The Morgan fingerprint density at radius 3 is 2.12 bits per heavy atom. The molecule has 0 saturated heterocycles. The van der Waals surface area contributed by atoms with Crippen LogP contribution in [0, 0.1) is 5.92 Å².